The van der Waals surface area contributed by atoms with Crippen LogP contribution in [0.25, 0.3) is 0 Å². The predicted molar refractivity (Wildman–Crippen MR) is 323 cm³/mol. The van der Waals surface area contributed by atoms with Crippen molar-refractivity contribution >= 4 is 32.5 Å². The van der Waals surface area contributed by atoms with Crippen molar-refractivity contribution in [2.24, 2.45) is 16.6 Å². The van der Waals surface area contributed by atoms with Gasteiger partial charge in [-0.1, -0.05) is 136 Å². The van der Waals surface area contributed by atoms with Crippen LogP contribution in [0.3, 0.4) is 0 Å². The lowest BCUT2D eigenvalue weighted by atomic mass is 9.80. The summed E-state index contributed by atoms with van der Waals surface area (Å²) >= 11 is 0. The zero-order valence-corrected chi connectivity index (χ0v) is 50.3. The number of hydrazone groups is 1. The number of methoxy groups -OCH3 is 2. The molecule has 0 amide bonds. The minimum atomic E-state index is -5.34. The van der Waals surface area contributed by atoms with E-state index in [-0.39, 0.29) is 55.9 Å². The molecule has 2 fully saturated rings. The Hall–Kier alpha value is -7.70. The topological polar surface area (TPSA) is 297 Å². The first kappa shape index (κ1) is 61.8. The molecule has 8 N–H and O–H groups in total. The molecule has 0 radical (unpaired) electrons. The van der Waals surface area contributed by atoms with Crippen LogP contribution in [0.2, 0.25) is 5.04 Å². The number of nitrogens with one attached hydrogen (secondary N) is 3. The highest BCUT2D eigenvalue weighted by molar-refractivity contribution is 7.47. The van der Waals surface area contributed by atoms with Gasteiger partial charge < -0.3 is 49.9 Å². The highest BCUT2D eigenvalue weighted by Gasteiger charge is 2.56. The SMILES string of the molecule is COc1ccc(C(OC[C@H]2O[C@@H](n3cc(C)c(=O)[nH]c3=O)C[C@@H]2OP(=O)(O)O[C@@H](CCCNN=C(N)N)[C@H]2O[C@@H](n3cc(C)c(=O)[nH]c3=O)C[C@@H]2O[Si](c2ccccc2)(c2ccccc2)C(C)(C)C)(c2ccccc2)c2ccc(OC)cc2)cc1. The van der Waals surface area contributed by atoms with Gasteiger partial charge in [-0.3, -0.25) is 37.7 Å². The van der Waals surface area contributed by atoms with Crippen LogP contribution in [-0.4, -0.2) is 96.2 Å². The number of phosphoric ester groups is 1. The van der Waals surface area contributed by atoms with Crippen LogP contribution in [0.15, 0.2) is 176 Å². The van der Waals surface area contributed by atoms with Gasteiger partial charge in [0, 0.05) is 42.9 Å². The summed E-state index contributed by atoms with van der Waals surface area (Å²) in [7, 11) is -5.68. The quantitative estimate of drug-likeness (QED) is 0.00807. The maximum absolute atomic E-state index is 15.4. The summed E-state index contributed by atoms with van der Waals surface area (Å²) in [6, 6.07) is 44.0. The van der Waals surface area contributed by atoms with E-state index in [1.54, 1.807) is 21.1 Å². The van der Waals surface area contributed by atoms with Crippen molar-refractivity contribution < 1.29 is 46.6 Å². The molecule has 0 spiro atoms. The third kappa shape index (κ3) is 13.6. The third-order valence-electron chi connectivity index (χ3n) is 15.5. The molecule has 2 aliphatic rings. The minimum absolute atomic E-state index is 0.00412. The summed E-state index contributed by atoms with van der Waals surface area (Å²) in [6.07, 6.45) is -5.46. The summed E-state index contributed by atoms with van der Waals surface area (Å²) in [4.78, 5) is 70.0. The number of benzene rings is 5. The number of aryl methyl sites for hydroxylation is 2. The van der Waals surface area contributed by atoms with Crippen LogP contribution < -0.4 is 59.2 Å². The molecule has 2 aliphatic heterocycles. The summed E-state index contributed by atoms with van der Waals surface area (Å²) in [5.41, 5.74) is 12.6. The number of hydrogen-bond donors (Lipinski definition) is 6. The Kier molecular flexibility index (Phi) is 19.1. The van der Waals surface area contributed by atoms with Crippen molar-refractivity contribution in [1.82, 2.24) is 24.5 Å². The monoisotopic (exact) mass is 1200 g/mol. The molecule has 7 aromatic rings. The fraction of sp³-hybridized carbons (Fsp3) is 0.361. The number of guanidine groups is 1. The second-order valence-corrected chi connectivity index (χ2v) is 27.7. The number of phosphoric acid groups is 1. The number of ether oxygens (including phenoxy) is 5. The van der Waals surface area contributed by atoms with E-state index >= 15 is 4.57 Å². The molecule has 450 valence electrons. The van der Waals surface area contributed by atoms with Crippen LogP contribution in [0, 0.1) is 13.8 Å². The number of aromatic nitrogens is 4. The summed E-state index contributed by atoms with van der Waals surface area (Å²) in [6.45, 7) is 9.26. The van der Waals surface area contributed by atoms with Crippen molar-refractivity contribution in [3.63, 3.8) is 0 Å². The van der Waals surface area contributed by atoms with E-state index in [4.69, 9.17) is 48.6 Å². The Morgan fingerprint density at radius 2 is 1.19 bits per heavy atom. The second-order valence-electron chi connectivity index (χ2n) is 22.1. The second kappa shape index (κ2) is 26.3. The summed E-state index contributed by atoms with van der Waals surface area (Å²) in [5, 5.41) is 5.21. The molecule has 22 nitrogen and oxygen atoms in total. The van der Waals surface area contributed by atoms with Crippen molar-refractivity contribution in [3.05, 3.63) is 221 Å². The number of nitrogens with zero attached hydrogens (tertiary/aromatic N) is 3. The summed E-state index contributed by atoms with van der Waals surface area (Å²) < 4.78 is 70.3. The number of hydrogen-bond acceptors (Lipinski definition) is 15. The molecule has 0 bridgehead atoms. The van der Waals surface area contributed by atoms with E-state index < -0.39 is 92.3 Å². The molecule has 8 atom stereocenters. The molecule has 0 aliphatic carbocycles. The fourth-order valence-corrected chi connectivity index (χ4v) is 17.3. The fourth-order valence-electron chi connectivity index (χ4n) is 11.4. The third-order valence-corrected chi connectivity index (χ3v) is 21.6. The van der Waals surface area contributed by atoms with E-state index in [0.717, 1.165) is 10.4 Å². The van der Waals surface area contributed by atoms with Gasteiger partial charge in [-0.05, 0) is 83.1 Å². The zero-order valence-electron chi connectivity index (χ0n) is 48.4. The van der Waals surface area contributed by atoms with Crippen molar-refractivity contribution in [2.75, 3.05) is 27.4 Å². The van der Waals surface area contributed by atoms with Crippen LogP contribution in [0.1, 0.15) is 86.7 Å². The van der Waals surface area contributed by atoms with E-state index in [1.165, 1.54) is 28.5 Å². The van der Waals surface area contributed by atoms with Crippen molar-refractivity contribution in [2.45, 2.75) is 114 Å². The molecule has 2 saturated heterocycles. The number of aromatic amines is 2. The molecule has 4 heterocycles. The molecule has 5 aromatic carbocycles. The summed E-state index contributed by atoms with van der Waals surface area (Å²) in [5.74, 6) is 0.978. The minimum Gasteiger partial charge on any atom is -0.497 e. The number of H-pyrrole nitrogens is 2. The van der Waals surface area contributed by atoms with Gasteiger partial charge in [0.15, 0.2) is 0 Å². The Labute approximate surface area is 492 Å². The van der Waals surface area contributed by atoms with E-state index in [9.17, 15) is 24.1 Å². The Bertz CT molecular complexity index is 3620. The van der Waals surface area contributed by atoms with Gasteiger partial charge in [-0.15, -0.1) is 5.10 Å². The smallest absolute Gasteiger partial charge is 0.472 e. The lowest BCUT2D eigenvalue weighted by molar-refractivity contribution is -0.101. The first-order chi connectivity index (χ1) is 40.7. The predicted octanol–water partition coefficient (Wildman–Crippen LogP) is 5.68. The van der Waals surface area contributed by atoms with Gasteiger partial charge in [0.1, 0.15) is 47.9 Å². The zero-order chi connectivity index (χ0) is 60.7. The van der Waals surface area contributed by atoms with Crippen molar-refractivity contribution in [3.8, 4) is 11.5 Å². The molecule has 24 heteroatoms. The molecule has 9 rings (SSSR count). The van der Waals surface area contributed by atoms with Crippen LogP contribution in [-0.2, 0) is 37.9 Å². The largest absolute Gasteiger partial charge is 0.497 e. The van der Waals surface area contributed by atoms with E-state index in [2.05, 4.69) is 41.3 Å². The molecular weight excluding hydrogens is 1130 g/mol. The number of nitrogens with two attached hydrogens (primary N) is 2. The normalized spacial score (nSPS) is 20.1. The maximum Gasteiger partial charge on any atom is 0.472 e. The van der Waals surface area contributed by atoms with Gasteiger partial charge in [0.05, 0.1) is 33.0 Å². The number of rotatable bonds is 24. The average Bonchev–Trinajstić information content (AvgIpc) is 1.79. The molecule has 0 saturated carbocycles. The molecule has 1 unspecified atom stereocenters. The van der Waals surface area contributed by atoms with Crippen molar-refractivity contribution in [1.29, 1.82) is 0 Å². The molecule has 85 heavy (non-hydrogen) atoms. The van der Waals surface area contributed by atoms with Crippen LogP contribution >= 0.6 is 7.82 Å². The standard InChI is InChI=1S/C61H73N8O14PSi/c1-39-36-68(58(72)65-55(39)70)52-34-49(51(79-52)38-78-61(41-18-11-8-12-19-41,42-25-29-44(76-6)30-26-42)43-27-31-45(77-7)32-28-43)82-84(74,75)81-48(24-17-33-64-67-57(62)63)54-50(35-53(80-54)69-37-40(2)56(71)66-59(69)73)83-85(60(3,4)5,46-20-13-9-14-21-46)47-22-15-10-16-23-47/h8-16,18-23,25-32,36-37,48-54,64H,17,24,33-35,38H2,1-7H3,(H,74,75)(H4,62,63,67)(H,65,70,72)(H,66,71,73)/t48-,49-,50-,51+,52+,53+,54+/m0/s1. The first-order valence-electron chi connectivity index (χ1n) is 27.9. The molecular formula is C61H73N8O14PSi. The van der Waals surface area contributed by atoms with Gasteiger partial charge in [0.25, 0.3) is 19.4 Å². The lowest BCUT2D eigenvalue weighted by Crippen LogP contribution is -2.68. The maximum atomic E-state index is 15.4. The van der Waals surface area contributed by atoms with E-state index in [1.807, 2.05) is 140 Å². The van der Waals surface area contributed by atoms with Gasteiger partial charge in [-0.25, -0.2) is 14.2 Å². The van der Waals surface area contributed by atoms with Gasteiger partial charge in [-0.2, -0.15) is 0 Å². The first-order valence-corrected chi connectivity index (χ1v) is 31.3. The van der Waals surface area contributed by atoms with Crippen LogP contribution in [0.4, 0.5) is 0 Å². The Morgan fingerprint density at radius 1 is 0.718 bits per heavy atom. The average molecular weight is 1200 g/mol. The lowest BCUT2D eigenvalue weighted by Gasteiger charge is -2.45. The Morgan fingerprint density at radius 3 is 1.67 bits per heavy atom. The highest BCUT2D eigenvalue weighted by Crippen LogP contribution is 2.53. The van der Waals surface area contributed by atoms with Crippen LogP contribution in [0.5, 0.6) is 11.5 Å². The van der Waals surface area contributed by atoms with Gasteiger partial charge in [0.2, 0.25) is 5.96 Å². The highest BCUT2D eigenvalue weighted by atomic mass is 31.2. The van der Waals surface area contributed by atoms with E-state index in [0.29, 0.717) is 28.2 Å². The molecule has 2 aromatic heterocycles. The Balaban J connectivity index is 1.13. The van der Waals surface area contributed by atoms with Gasteiger partial charge >= 0.3 is 19.2 Å².